The number of carbonyl (C=O) groups is 2. The van der Waals surface area contributed by atoms with Gasteiger partial charge < -0.3 is 30.6 Å². The van der Waals surface area contributed by atoms with Crippen molar-refractivity contribution in [2.75, 3.05) is 6.54 Å². The minimum absolute atomic E-state index is 0.000137. The molecule has 9 nitrogen and oxygen atoms in total. The lowest BCUT2D eigenvalue weighted by Gasteiger charge is -2.46. The number of aliphatic carboxylic acids is 1. The smallest absolute Gasteiger partial charge is 0.353 e. The molecule has 0 bridgehead atoms. The highest BCUT2D eigenvalue weighted by Gasteiger charge is 2.60. The Bertz CT molecular complexity index is 910. The van der Waals surface area contributed by atoms with E-state index in [0.29, 0.717) is 23.4 Å². The number of aromatic hydroxyl groups is 2. The molecule has 158 valence electrons. The number of carboxylic acid groups (broad SMARTS) is 1. The predicted molar refractivity (Wildman–Crippen MR) is 105 cm³/mol. The predicted octanol–water partition coefficient (Wildman–Crippen LogP) is 0.726. The third-order valence-corrected chi connectivity index (χ3v) is 7.79. The molecule has 1 aromatic rings. The Morgan fingerprint density at radius 3 is 2.62 bits per heavy atom. The van der Waals surface area contributed by atoms with Crippen molar-refractivity contribution in [3.8, 4) is 11.8 Å². The van der Waals surface area contributed by atoms with Crippen molar-refractivity contribution in [2.24, 2.45) is 18.9 Å². The van der Waals surface area contributed by atoms with Crippen LogP contribution in [0.1, 0.15) is 31.9 Å². The summed E-state index contributed by atoms with van der Waals surface area (Å²) in [5.74, 6) is -2.24. The lowest BCUT2D eigenvalue weighted by atomic mass is 9.79. The summed E-state index contributed by atoms with van der Waals surface area (Å²) in [6.45, 7) is 4.07. The van der Waals surface area contributed by atoms with E-state index < -0.39 is 18.0 Å². The molecule has 5 N–H and O–H groups in total. The maximum absolute atomic E-state index is 12.4. The van der Waals surface area contributed by atoms with E-state index >= 15 is 0 Å². The number of nitrogens with one attached hydrogen (secondary N) is 1. The molecular weight excluding hydrogens is 398 g/mol. The van der Waals surface area contributed by atoms with Crippen LogP contribution in [0.5, 0.6) is 11.8 Å². The molecule has 0 aliphatic carbocycles. The van der Waals surface area contributed by atoms with Gasteiger partial charge in [-0.3, -0.25) is 9.36 Å². The van der Waals surface area contributed by atoms with E-state index in [9.17, 15) is 30.0 Å². The first kappa shape index (κ1) is 20.1. The van der Waals surface area contributed by atoms with Crippen LogP contribution >= 0.6 is 11.8 Å². The van der Waals surface area contributed by atoms with Crippen molar-refractivity contribution in [1.82, 2.24) is 14.8 Å². The van der Waals surface area contributed by atoms with E-state index in [1.165, 1.54) is 27.3 Å². The molecule has 1 aromatic heterocycles. The fourth-order valence-corrected chi connectivity index (χ4v) is 6.23. The summed E-state index contributed by atoms with van der Waals surface area (Å²) in [6.07, 6.45) is -0.180. The summed E-state index contributed by atoms with van der Waals surface area (Å²) in [4.78, 5) is 26.3. The molecule has 29 heavy (non-hydrogen) atoms. The minimum atomic E-state index is -1.13. The van der Waals surface area contributed by atoms with Crippen LogP contribution in [0.15, 0.2) is 16.7 Å². The number of amides is 1. The molecule has 6 atom stereocenters. The van der Waals surface area contributed by atoms with E-state index in [0.717, 1.165) is 0 Å². The number of carboxylic acids is 1. The third kappa shape index (κ3) is 2.92. The Balaban J connectivity index is 1.54. The molecule has 10 heteroatoms. The fourth-order valence-electron chi connectivity index (χ4n) is 4.75. The van der Waals surface area contributed by atoms with Crippen molar-refractivity contribution >= 4 is 23.6 Å². The number of β-lactam (4-membered cyclic amide) rings is 1. The monoisotopic (exact) mass is 423 g/mol. The van der Waals surface area contributed by atoms with Gasteiger partial charge in [-0.25, -0.2) is 4.79 Å². The average molecular weight is 423 g/mol. The average Bonchev–Trinajstić information content (AvgIpc) is 3.27. The largest absolute Gasteiger partial charge is 0.494 e. The Hall–Kier alpha value is -2.17. The number of aliphatic hydroxyl groups is 1. The number of carbonyl (C=O) groups excluding carboxylic acids is 1. The molecule has 2 saturated heterocycles. The van der Waals surface area contributed by atoms with Crippen LogP contribution < -0.4 is 5.32 Å². The summed E-state index contributed by atoms with van der Waals surface area (Å²) in [6, 6.07) is 1.04. The van der Waals surface area contributed by atoms with Gasteiger partial charge in [0.05, 0.1) is 18.1 Å². The van der Waals surface area contributed by atoms with Crippen molar-refractivity contribution in [1.29, 1.82) is 0 Å². The van der Waals surface area contributed by atoms with E-state index in [2.05, 4.69) is 5.32 Å². The zero-order valence-electron chi connectivity index (χ0n) is 16.4. The van der Waals surface area contributed by atoms with Crippen LogP contribution in [0.3, 0.4) is 0 Å². The SMILES string of the molecule is C[C@@H](O)[C@H]1C(=O)N2C(C(=O)O)=C(S[C@@H]3CN[C@H](c4cc(O)n(C)c4O)C3)[C@H](C)[C@H]12. The second-order valence-corrected chi connectivity index (χ2v) is 9.39. The Morgan fingerprint density at radius 1 is 1.38 bits per heavy atom. The molecular formula is C19H25N3O6S. The van der Waals surface area contributed by atoms with Gasteiger partial charge in [-0.2, -0.15) is 0 Å². The number of hydrogen-bond donors (Lipinski definition) is 5. The molecule has 1 amide bonds. The van der Waals surface area contributed by atoms with E-state index in [1.807, 2.05) is 6.92 Å². The standard InChI is InChI=1S/C19H25N3O6S/c1-7-14-13(8(2)23)18(26)22(14)15(19(27)28)16(7)29-9-4-11(20-6-9)10-5-12(24)21(3)17(10)25/h5,7-9,11,13-14,20,23-25H,4,6H2,1-3H3,(H,27,28)/t7-,8-,9+,11+,13-,14-/m1/s1. The number of aromatic nitrogens is 1. The summed E-state index contributed by atoms with van der Waals surface area (Å²) in [5, 5.41) is 43.0. The first-order valence-electron chi connectivity index (χ1n) is 9.59. The van der Waals surface area contributed by atoms with Crippen molar-refractivity contribution in [2.45, 2.75) is 43.7 Å². The van der Waals surface area contributed by atoms with Gasteiger partial charge in [0.25, 0.3) is 0 Å². The molecule has 0 spiro atoms. The third-order valence-electron chi connectivity index (χ3n) is 6.27. The zero-order valence-corrected chi connectivity index (χ0v) is 17.2. The minimum Gasteiger partial charge on any atom is -0.494 e. The van der Waals surface area contributed by atoms with Gasteiger partial charge in [0.15, 0.2) is 11.8 Å². The maximum Gasteiger partial charge on any atom is 0.353 e. The van der Waals surface area contributed by atoms with Gasteiger partial charge in [0.1, 0.15) is 5.70 Å². The Kier molecular flexibility index (Phi) is 4.83. The molecule has 0 radical (unpaired) electrons. The maximum atomic E-state index is 12.4. The molecule has 3 aliphatic rings. The van der Waals surface area contributed by atoms with Crippen LogP contribution in [0.4, 0.5) is 0 Å². The summed E-state index contributed by atoms with van der Waals surface area (Å²) in [7, 11) is 1.57. The van der Waals surface area contributed by atoms with Crippen LogP contribution in [0.2, 0.25) is 0 Å². The quantitative estimate of drug-likeness (QED) is 0.438. The fraction of sp³-hybridized carbons (Fsp3) is 0.579. The first-order valence-corrected chi connectivity index (χ1v) is 10.5. The molecule has 3 aliphatic heterocycles. The van der Waals surface area contributed by atoms with E-state index in [1.54, 1.807) is 14.0 Å². The number of fused-ring (bicyclic) bond motifs is 1. The Labute approximate surface area is 172 Å². The van der Waals surface area contributed by atoms with Crippen molar-refractivity contribution in [3.63, 3.8) is 0 Å². The van der Waals surface area contributed by atoms with Gasteiger partial charge >= 0.3 is 5.97 Å². The van der Waals surface area contributed by atoms with E-state index in [-0.39, 0.29) is 46.6 Å². The highest BCUT2D eigenvalue weighted by molar-refractivity contribution is 8.03. The van der Waals surface area contributed by atoms with Crippen LogP contribution in [-0.4, -0.2) is 65.7 Å². The summed E-state index contributed by atoms with van der Waals surface area (Å²) < 4.78 is 1.30. The lowest BCUT2D eigenvalue weighted by molar-refractivity contribution is -0.163. The number of nitrogens with zero attached hydrogens (tertiary/aromatic N) is 2. The van der Waals surface area contributed by atoms with Gasteiger partial charge in [0.2, 0.25) is 5.91 Å². The number of hydrogen-bond acceptors (Lipinski definition) is 7. The molecule has 0 saturated carbocycles. The molecule has 2 fully saturated rings. The zero-order chi connectivity index (χ0) is 21.2. The molecule has 0 aromatic carbocycles. The molecule has 4 rings (SSSR count). The van der Waals surface area contributed by atoms with Crippen LogP contribution in [0, 0.1) is 11.8 Å². The highest BCUT2D eigenvalue weighted by atomic mass is 32.2. The summed E-state index contributed by atoms with van der Waals surface area (Å²) in [5.41, 5.74) is 0.631. The second kappa shape index (κ2) is 6.96. The number of thioether (sulfide) groups is 1. The Morgan fingerprint density at radius 2 is 2.07 bits per heavy atom. The van der Waals surface area contributed by atoms with Gasteiger partial charge in [-0.05, 0) is 13.3 Å². The highest BCUT2D eigenvalue weighted by Crippen LogP contribution is 2.52. The van der Waals surface area contributed by atoms with Crippen molar-refractivity contribution in [3.05, 3.63) is 22.2 Å². The number of rotatable bonds is 5. The molecule has 0 unspecified atom stereocenters. The molecule has 4 heterocycles. The number of aliphatic hydroxyl groups excluding tert-OH is 1. The van der Waals surface area contributed by atoms with Crippen molar-refractivity contribution < 1.29 is 30.0 Å². The van der Waals surface area contributed by atoms with Crippen LogP contribution in [0.25, 0.3) is 0 Å². The normalized spacial score (nSPS) is 32.5. The lowest BCUT2D eigenvalue weighted by Crippen LogP contribution is -2.63. The second-order valence-electron chi connectivity index (χ2n) is 8.05. The van der Waals surface area contributed by atoms with Crippen LogP contribution in [-0.2, 0) is 16.6 Å². The topological polar surface area (TPSA) is 135 Å². The first-order chi connectivity index (χ1) is 13.6. The van der Waals surface area contributed by atoms with E-state index in [4.69, 9.17) is 0 Å². The van der Waals surface area contributed by atoms with Gasteiger partial charge in [-0.1, -0.05) is 6.92 Å². The summed E-state index contributed by atoms with van der Waals surface area (Å²) >= 11 is 1.45. The van der Waals surface area contributed by atoms with Gasteiger partial charge in [-0.15, -0.1) is 11.8 Å². The van der Waals surface area contributed by atoms with Gasteiger partial charge in [0, 0.05) is 47.3 Å².